The van der Waals surface area contributed by atoms with Gasteiger partial charge in [-0.15, -0.1) is 0 Å². The highest BCUT2D eigenvalue weighted by Gasteiger charge is 2.13. The first kappa shape index (κ1) is 11.4. The van der Waals surface area contributed by atoms with Gasteiger partial charge in [0.05, 0.1) is 16.6 Å². The molecule has 2 rings (SSSR count). The molecule has 2 aromatic rings. The van der Waals surface area contributed by atoms with Crippen molar-refractivity contribution in [2.75, 3.05) is 19.1 Å². The molecule has 0 spiro atoms. The lowest BCUT2D eigenvalue weighted by Gasteiger charge is -2.17. The predicted molar refractivity (Wildman–Crippen MR) is 66.1 cm³/mol. The molecule has 0 radical (unpaired) electrons. The number of hydrogen-bond acceptors (Lipinski definition) is 3. The van der Waals surface area contributed by atoms with Gasteiger partial charge in [0, 0.05) is 20.5 Å². The molecule has 1 aromatic carbocycles. The Morgan fingerprint density at radius 2 is 2.18 bits per heavy atom. The number of aromatic nitrogens is 2. The van der Waals surface area contributed by atoms with Crippen molar-refractivity contribution < 1.29 is 9.90 Å². The highest BCUT2D eigenvalue weighted by molar-refractivity contribution is 5.92. The van der Waals surface area contributed by atoms with E-state index in [1.165, 1.54) is 0 Å². The van der Waals surface area contributed by atoms with Crippen molar-refractivity contribution in [3.8, 4) is 0 Å². The van der Waals surface area contributed by atoms with Crippen LogP contribution in [0.15, 0.2) is 18.2 Å². The fraction of sp³-hybridized carbons (Fsp3) is 0.333. The minimum atomic E-state index is -0.920. The molecule has 1 N–H and O–H groups in total. The number of rotatable bonds is 3. The maximum Gasteiger partial charge on any atom is 0.335 e. The largest absolute Gasteiger partial charge is 0.478 e. The SMILES string of the molecule is CCc1nc2ccc(C(=O)O)cc2n1N(C)C. The number of aromatic carboxylic acids is 1. The first-order valence-corrected chi connectivity index (χ1v) is 5.47. The van der Waals surface area contributed by atoms with E-state index in [2.05, 4.69) is 4.98 Å². The summed E-state index contributed by atoms with van der Waals surface area (Å²) in [7, 11) is 3.82. The van der Waals surface area contributed by atoms with Crippen LogP contribution in [0.5, 0.6) is 0 Å². The van der Waals surface area contributed by atoms with Gasteiger partial charge in [-0.2, -0.15) is 0 Å². The average Bonchev–Trinajstić information content (AvgIpc) is 2.65. The van der Waals surface area contributed by atoms with Gasteiger partial charge >= 0.3 is 5.97 Å². The van der Waals surface area contributed by atoms with Gasteiger partial charge in [0.15, 0.2) is 0 Å². The number of carboxylic acid groups (broad SMARTS) is 1. The van der Waals surface area contributed by atoms with Crippen LogP contribution in [0.1, 0.15) is 23.1 Å². The molecule has 0 aliphatic rings. The Morgan fingerprint density at radius 3 is 2.71 bits per heavy atom. The number of carbonyl (C=O) groups is 1. The number of aryl methyl sites for hydroxylation is 1. The fourth-order valence-electron chi connectivity index (χ4n) is 1.92. The Morgan fingerprint density at radius 1 is 1.47 bits per heavy atom. The van der Waals surface area contributed by atoms with Gasteiger partial charge in [-0.25, -0.2) is 14.5 Å². The third kappa shape index (κ3) is 1.84. The zero-order valence-electron chi connectivity index (χ0n) is 10.1. The summed E-state index contributed by atoms with van der Waals surface area (Å²) in [6, 6.07) is 4.98. The summed E-state index contributed by atoms with van der Waals surface area (Å²) in [6.07, 6.45) is 0.801. The van der Waals surface area contributed by atoms with Crippen molar-refractivity contribution in [3.05, 3.63) is 29.6 Å². The molecule has 5 heteroatoms. The molecule has 5 nitrogen and oxygen atoms in total. The summed E-state index contributed by atoms with van der Waals surface area (Å²) in [6.45, 7) is 2.03. The molecule has 0 aliphatic carbocycles. The number of benzene rings is 1. The van der Waals surface area contributed by atoms with Crippen molar-refractivity contribution in [1.82, 2.24) is 9.66 Å². The van der Waals surface area contributed by atoms with Gasteiger partial charge in [0.25, 0.3) is 0 Å². The fourth-order valence-corrected chi connectivity index (χ4v) is 1.92. The normalized spacial score (nSPS) is 10.8. The molecule has 0 atom stereocenters. The van der Waals surface area contributed by atoms with E-state index >= 15 is 0 Å². The van der Waals surface area contributed by atoms with Crippen LogP contribution >= 0.6 is 0 Å². The van der Waals surface area contributed by atoms with E-state index in [4.69, 9.17) is 5.11 Å². The van der Waals surface area contributed by atoms with Crippen LogP contribution in [0.25, 0.3) is 11.0 Å². The van der Waals surface area contributed by atoms with E-state index < -0.39 is 5.97 Å². The maximum atomic E-state index is 11.0. The molecule has 0 amide bonds. The van der Waals surface area contributed by atoms with Gasteiger partial charge in [0.2, 0.25) is 0 Å². The van der Waals surface area contributed by atoms with Gasteiger partial charge < -0.3 is 10.1 Å². The van der Waals surface area contributed by atoms with Crippen LogP contribution in [0, 0.1) is 0 Å². The van der Waals surface area contributed by atoms with E-state index in [9.17, 15) is 4.79 Å². The van der Waals surface area contributed by atoms with Crippen LogP contribution in [0.4, 0.5) is 0 Å². The third-order valence-electron chi connectivity index (χ3n) is 2.66. The summed E-state index contributed by atoms with van der Waals surface area (Å²) in [5, 5.41) is 10.9. The number of hydrogen-bond donors (Lipinski definition) is 1. The Labute approximate surface area is 99.3 Å². The van der Waals surface area contributed by atoms with E-state index in [0.29, 0.717) is 0 Å². The van der Waals surface area contributed by atoms with Crippen molar-refractivity contribution in [1.29, 1.82) is 0 Å². The number of carboxylic acids is 1. The molecule has 17 heavy (non-hydrogen) atoms. The molecule has 0 saturated carbocycles. The van der Waals surface area contributed by atoms with E-state index in [-0.39, 0.29) is 5.56 Å². The molecular weight excluding hydrogens is 218 g/mol. The third-order valence-corrected chi connectivity index (χ3v) is 2.66. The summed E-state index contributed by atoms with van der Waals surface area (Å²) in [5.41, 5.74) is 1.93. The summed E-state index contributed by atoms with van der Waals surface area (Å²) in [5.74, 6) is 0.00370. The average molecular weight is 233 g/mol. The van der Waals surface area contributed by atoms with E-state index in [1.807, 2.05) is 30.7 Å². The van der Waals surface area contributed by atoms with Crippen LogP contribution in [0.2, 0.25) is 0 Å². The maximum absolute atomic E-state index is 11.0. The molecule has 0 bridgehead atoms. The zero-order valence-corrected chi connectivity index (χ0v) is 10.1. The lowest BCUT2D eigenvalue weighted by molar-refractivity contribution is 0.0697. The first-order chi connectivity index (χ1) is 8.04. The molecule has 0 fully saturated rings. The summed E-state index contributed by atoms with van der Waals surface area (Å²) >= 11 is 0. The van der Waals surface area contributed by atoms with E-state index in [1.54, 1.807) is 18.2 Å². The molecule has 1 aromatic heterocycles. The number of imidazole rings is 1. The molecule has 90 valence electrons. The molecular formula is C12H15N3O2. The number of nitrogens with zero attached hydrogens (tertiary/aromatic N) is 3. The Bertz CT molecular complexity index is 572. The summed E-state index contributed by atoms with van der Waals surface area (Å²) < 4.78 is 1.93. The van der Waals surface area contributed by atoms with Crippen LogP contribution < -0.4 is 5.01 Å². The van der Waals surface area contributed by atoms with Crippen molar-refractivity contribution in [2.45, 2.75) is 13.3 Å². The zero-order chi connectivity index (χ0) is 12.6. The van der Waals surface area contributed by atoms with E-state index in [0.717, 1.165) is 23.3 Å². The quantitative estimate of drug-likeness (QED) is 0.872. The second-order valence-electron chi connectivity index (χ2n) is 4.05. The van der Waals surface area contributed by atoms with Gasteiger partial charge in [-0.1, -0.05) is 6.92 Å². The monoisotopic (exact) mass is 233 g/mol. The Hall–Kier alpha value is -2.04. The smallest absolute Gasteiger partial charge is 0.335 e. The van der Waals surface area contributed by atoms with Gasteiger partial charge in [-0.05, 0) is 18.2 Å². The topological polar surface area (TPSA) is 58.4 Å². The molecule has 0 unspecified atom stereocenters. The second-order valence-corrected chi connectivity index (χ2v) is 4.05. The lowest BCUT2D eigenvalue weighted by Crippen LogP contribution is -2.26. The highest BCUT2D eigenvalue weighted by Crippen LogP contribution is 2.18. The minimum absolute atomic E-state index is 0.281. The molecule has 1 heterocycles. The Kier molecular flexibility index (Phi) is 2.75. The summed E-state index contributed by atoms with van der Waals surface area (Å²) in [4.78, 5) is 15.4. The van der Waals surface area contributed by atoms with Crippen LogP contribution in [-0.2, 0) is 6.42 Å². The first-order valence-electron chi connectivity index (χ1n) is 5.47. The standard InChI is InChI=1S/C12H15N3O2/c1-4-11-13-9-6-5-8(12(16)17)7-10(9)15(11)14(2)3/h5-7H,4H2,1-3H3,(H,16,17). The van der Waals surface area contributed by atoms with Crippen molar-refractivity contribution >= 4 is 17.0 Å². The van der Waals surface area contributed by atoms with Gasteiger partial charge in [-0.3, -0.25) is 0 Å². The number of fused-ring (bicyclic) bond motifs is 1. The van der Waals surface area contributed by atoms with Crippen molar-refractivity contribution in [3.63, 3.8) is 0 Å². The molecule has 0 aliphatic heterocycles. The minimum Gasteiger partial charge on any atom is -0.478 e. The Balaban J connectivity index is 2.73. The lowest BCUT2D eigenvalue weighted by atomic mass is 10.2. The predicted octanol–water partition coefficient (Wildman–Crippen LogP) is 1.49. The molecule has 0 saturated heterocycles. The van der Waals surface area contributed by atoms with Crippen molar-refractivity contribution in [2.24, 2.45) is 0 Å². The van der Waals surface area contributed by atoms with Crippen LogP contribution in [-0.4, -0.2) is 34.8 Å². The second kappa shape index (κ2) is 4.08. The van der Waals surface area contributed by atoms with Crippen LogP contribution in [0.3, 0.4) is 0 Å². The van der Waals surface area contributed by atoms with Gasteiger partial charge in [0.1, 0.15) is 5.82 Å². The highest BCUT2D eigenvalue weighted by atomic mass is 16.4.